The molecule has 9 heteroatoms. The second-order valence-electron chi connectivity index (χ2n) is 7.93. The molecule has 0 saturated heterocycles. The Morgan fingerprint density at radius 3 is 2.30 bits per heavy atom. The van der Waals surface area contributed by atoms with Gasteiger partial charge in [-0.25, -0.2) is 14.6 Å². The summed E-state index contributed by atoms with van der Waals surface area (Å²) in [7, 11) is 1.74. The zero-order valence-electron chi connectivity index (χ0n) is 16.8. The van der Waals surface area contributed by atoms with Crippen LogP contribution in [-0.4, -0.2) is 50.3 Å². The summed E-state index contributed by atoms with van der Waals surface area (Å²) in [5, 5.41) is 14.5. The van der Waals surface area contributed by atoms with Gasteiger partial charge >= 0.3 is 12.1 Å². The smallest absolute Gasteiger partial charge is 0.408 e. The second kappa shape index (κ2) is 9.38. The highest BCUT2D eigenvalue weighted by molar-refractivity contribution is 5.89. The number of carboxylic acids is 1. The number of alkyl carbamates (subject to hydrolysis) is 1. The number of nitrogens with one attached hydrogen (secondary N) is 2. The molecule has 0 saturated carbocycles. The Kier molecular flexibility index (Phi) is 7.81. The molecule has 0 aliphatic rings. The summed E-state index contributed by atoms with van der Waals surface area (Å²) in [5.41, 5.74) is -0.0327. The molecule has 2 amide bonds. The van der Waals surface area contributed by atoms with Crippen LogP contribution >= 0.6 is 0 Å². The van der Waals surface area contributed by atoms with Gasteiger partial charge in [-0.2, -0.15) is 0 Å². The lowest BCUT2D eigenvalue weighted by Crippen LogP contribution is -2.53. The average Bonchev–Trinajstić information content (AvgIpc) is 2.88. The Balaban J connectivity index is 2.84. The van der Waals surface area contributed by atoms with Gasteiger partial charge in [0.2, 0.25) is 5.91 Å². The second-order valence-corrected chi connectivity index (χ2v) is 7.93. The third-order valence-electron chi connectivity index (χ3n) is 3.66. The molecule has 0 aliphatic heterocycles. The molecule has 1 rings (SSSR count). The molecule has 3 N–H and O–H groups in total. The lowest BCUT2D eigenvalue weighted by Gasteiger charge is -2.25. The van der Waals surface area contributed by atoms with E-state index in [1.54, 1.807) is 44.9 Å². The molecule has 0 radical (unpaired) electrons. The van der Waals surface area contributed by atoms with Crippen molar-refractivity contribution in [3.63, 3.8) is 0 Å². The van der Waals surface area contributed by atoms with Crippen LogP contribution in [0.3, 0.4) is 0 Å². The molecular formula is C18H30N4O5. The summed E-state index contributed by atoms with van der Waals surface area (Å²) in [6, 6.07) is -2.03. The maximum Gasteiger partial charge on any atom is 0.408 e. The zero-order valence-corrected chi connectivity index (χ0v) is 16.8. The quantitative estimate of drug-likeness (QED) is 0.626. The largest absolute Gasteiger partial charge is 0.480 e. The minimum Gasteiger partial charge on any atom is -0.480 e. The van der Waals surface area contributed by atoms with Crippen molar-refractivity contribution in [1.82, 2.24) is 20.2 Å². The highest BCUT2D eigenvalue weighted by Gasteiger charge is 2.29. The number of carbonyl (C=O) groups is 3. The monoisotopic (exact) mass is 382 g/mol. The van der Waals surface area contributed by atoms with E-state index < -0.39 is 35.7 Å². The fourth-order valence-electron chi connectivity index (χ4n) is 2.42. The molecule has 0 aromatic carbocycles. The van der Waals surface area contributed by atoms with Crippen molar-refractivity contribution in [1.29, 1.82) is 0 Å². The summed E-state index contributed by atoms with van der Waals surface area (Å²) in [6.07, 6.45) is 2.82. The normalized spacial score (nSPS) is 13.7. The molecule has 2 atom stereocenters. The van der Waals surface area contributed by atoms with Gasteiger partial charge in [-0.3, -0.25) is 4.79 Å². The van der Waals surface area contributed by atoms with Crippen molar-refractivity contribution in [3.8, 4) is 0 Å². The van der Waals surface area contributed by atoms with E-state index in [0.717, 1.165) is 0 Å². The van der Waals surface area contributed by atoms with Crippen molar-refractivity contribution in [2.24, 2.45) is 13.0 Å². The number of aromatic nitrogens is 2. The van der Waals surface area contributed by atoms with Gasteiger partial charge in [-0.1, -0.05) is 13.8 Å². The van der Waals surface area contributed by atoms with Crippen molar-refractivity contribution in [3.05, 3.63) is 18.2 Å². The van der Waals surface area contributed by atoms with Crippen LogP contribution in [0.1, 0.15) is 46.7 Å². The van der Waals surface area contributed by atoms with E-state index in [1.165, 1.54) is 0 Å². The number of carboxylic acid groups (broad SMARTS) is 1. The van der Waals surface area contributed by atoms with Crippen molar-refractivity contribution in [2.75, 3.05) is 0 Å². The van der Waals surface area contributed by atoms with E-state index in [2.05, 4.69) is 15.6 Å². The van der Waals surface area contributed by atoms with Crippen molar-refractivity contribution in [2.45, 2.75) is 65.1 Å². The van der Waals surface area contributed by atoms with Crippen LogP contribution in [0.2, 0.25) is 0 Å². The predicted molar refractivity (Wildman–Crippen MR) is 99.1 cm³/mol. The highest BCUT2D eigenvalue weighted by atomic mass is 16.6. The molecule has 0 spiro atoms. The molecule has 1 heterocycles. The first-order valence-corrected chi connectivity index (χ1v) is 8.87. The van der Waals surface area contributed by atoms with Gasteiger partial charge in [0.05, 0.1) is 6.33 Å². The molecular weight excluding hydrogens is 352 g/mol. The van der Waals surface area contributed by atoms with Crippen LogP contribution in [0, 0.1) is 5.92 Å². The molecule has 27 heavy (non-hydrogen) atoms. The maximum atomic E-state index is 12.6. The van der Waals surface area contributed by atoms with Crippen molar-refractivity contribution < 1.29 is 24.2 Å². The lowest BCUT2D eigenvalue weighted by atomic mass is 10.0. The molecule has 0 aliphatic carbocycles. The van der Waals surface area contributed by atoms with Crippen LogP contribution in [0.15, 0.2) is 12.5 Å². The molecule has 152 valence electrons. The van der Waals surface area contributed by atoms with Gasteiger partial charge in [0.25, 0.3) is 0 Å². The Labute approximate surface area is 159 Å². The maximum absolute atomic E-state index is 12.6. The number of nitrogens with zero attached hydrogens (tertiary/aromatic N) is 2. The number of rotatable bonds is 8. The Morgan fingerprint density at radius 1 is 1.22 bits per heavy atom. The number of amides is 2. The average molecular weight is 382 g/mol. The molecule has 1 aromatic heterocycles. The zero-order chi connectivity index (χ0) is 20.8. The Morgan fingerprint density at radius 2 is 1.85 bits per heavy atom. The van der Waals surface area contributed by atoms with E-state index in [0.29, 0.717) is 12.1 Å². The van der Waals surface area contributed by atoms with E-state index >= 15 is 0 Å². The third kappa shape index (κ3) is 8.10. The number of imidazole rings is 1. The number of hydrogen-bond donors (Lipinski definition) is 3. The van der Waals surface area contributed by atoms with Crippen LogP contribution in [0.5, 0.6) is 0 Å². The predicted octanol–water partition coefficient (Wildman–Crippen LogP) is 1.47. The van der Waals surface area contributed by atoms with Gasteiger partial charge in [0.15, 0.2) is 0 Å². The van der Waals surface area contributed by atoms with E-state index in [4.69, 9.17) is 4.74 Å². The minimum atomic E-state index is -1.16. The number of aliphatic carboxylic acids is 1. The third-order valence-corrected chi connectivity index (χ3v) is 3.66. The standard InChI is InChI=1S/C18H30N4O5/c1-11(2)7-13(21-17(26)27-18(3,4)5)15(23)20-14(16(24)25)8-12-9-19-10-22(12)6/h9-11,13-14H,7-8H2,1-6H3,(H,20,23)(H,21,26)(H,24,25)/t13-,14-/m0/s1. The fourth-order valence-corrected chi connectivity index (χ4v) is 2.42. The Hall–Kier alpha value is -2.58. The molecule has 9 nitrogen and oxygen atoms in total. The summed E-state index contributed by atoms with van der Waals surface area (Å²) >= 11 is 0. The van der Waals surface area contributed by atoms with Crippen LogP contribution < -0.4 is 10.6 Å². The fraction of sp³-hybridized carbons (Fsp3) is 0.667. The minimum absolute atomic E-state index is 0.0818. The number of aryl methyl sites for hydroxylation is 1. The van der Waals surface area contributed by atoms with Crippen molar-refractivity contribution >= 4 is 18.0 Å². The lowest BCUT2D eigenvalue weighted by molar-refractivity contribution is -0.142. The molecule has 0 fully saturated rings. The van der Waals surface area contributed by atoms with E-state index in [1.807, 2.05) is 13.8 Å². The number of ether oxygens (including phenoxy) is 1. The molecule has 1 aromatic rings. The first kappa shape index (κ1) is 22.5. The topological polar surface area (TPSA) is 123 Å². The summed E-state index contributed by atoms with van der Waals surface area (Å²) < 4.78 is 6.88. The van der Waals surface area contributed by atoms with E-state index in [-0.39, 0.29) is 12.3 Å². The first-order chi connectivity index (χ1) is 12.4. The summed E-state index contributed by atoms with van der Waals surface area (Å²) in [6.45, 7) is 8.97. The van der Waals surface area contributed by atoms with Gasteiger partial charge in [0.1, 0.15) is 17.7 Å². The van der Waals surface area contributed by atoms with Gasteiger partial charge in [-0.05, 0) is 33.1 Å². The van der Waals surface area contributed by atoms with Gasteiger partial charge in [-0.15, -0.1) is 0 Å². The Bertz CT molecular complexity index is 663. The first-order valence-electron chi connectivity index (χ1n) is 8.87. The molecule has 0 unspecified atom stereocenters. The molecule has 0 bridgehead atoms. The number of carbonyl (C=O) groups excluding carboxylic acids is 2. The highest BCUT2D eigenvalue weighted by Crippen LogP contribution is 2.10. The van der Waals surface area contributed by atoms with Crippen LogP contribution in [0.4, 0.5) is 4.79 Å². The SMILES string of the molecule is CC(C)C[C@H](NC(=O)OC(C)(C)C)C(=O)N[C@@H](Cc1cncn1C)C(=O)O. The summed E-state index contributed by atoms with van der Waals surface area (Å²) in [4.78, 5) is 40.2. The summed E-state index contributed by atoms with van der Waals surface area (Å²) in [5.74, 6) is -1.62. The van der Waals surface area contributed by atoms with Crippen LogP contribution in [0.25, 0.3) is 0 Å². The van der Waals surface area contributed by atoms with E-state index in [9.17, 15) is 19.5 Å². The van der Waals surface area contributed by atoms with Gasteiger partial charge in [0, 0.05) is 25.4 Å². The van der Waals surface area contributed by atoms with Gasteiger partial charge < -0.3 is 25.0 Å². The number of hydrogen-bond acceptors (Lipinski definition) is 5. The van der Waals surface area contributed by atoms with Crippen LogP contribution in [-0.2, 0) is 27.8 Å².